The lowest BCUT2D eigenvalue weighted by atomic mass is 9.96. The van der Waals surface area contributed by atoms with Crippen LogP contribution in [0.2, 0.25) is 0 Å². The molecular weight excluding hydrogens is 356 g/mol. The second-order valence-corrected chi connectivity index (χ2v) is 7.15. The predicted octanol–water partition coefficient (Wildman–Crippen LogP) is 2.40. The molecule has 3 aromatic heterocycles. The molecule has 0 aliphatic carbocycles. The summed E-state index contributed by atoms with van der Waals surface area (Å²) in [5, 5.41) is 16.1. The molecule has 0 atom stereocenters. The van der Waals surface area contributed by atoms with Crippen molar-refractivity contribution in [1.29, 1.82) is 0 Å². The highest BCUT2D eigenvalue weighted by molar-refractivity contribution is 5.78. The van der Waals surface area contributed by atoms with Crippen molar-refractivity contribution in [3.05, 3.63) is 53.7 Å². The second-order valence-electron chi connectivity index (χ2n) is 7.15. The van der Waals surface area contributed by atoms with Gasteiger partial charge in [0.05, 0.1) is 18.5 Å². The van der Waals surface area contributed by atoms with Gasteiger partial charge in [-0.2, -0.15) is 5.10 Å². The quantitative estimate of drug-likeness (QED) is 0.731. The van der Waals surface area contributed by atoms with Gasteiger partial charge >= 0.3 is 0 Å². The fourth-order valence-corrected chi connectivity index (χ4v) is 3.56. The van der Waals surface area contributed by atoms with Crippen molar-refractivity contribution >= 4 is 11.7 Å². The number of nitrogens with one attached hydrogen (secondary N) is 1. The molecule has 8 nitrogen and oxygen atoms in total. The third-order valence-electron chi connectivity index (χ3n) is 5.07. The first-order chi connectivity index (χ1) is 13.6. The molecule has 1 aliphatic rings. The number of anilines is 1. The Balaban J connectivity index is 1.32. The van der Waals surface area contributed by atoms with E-state index in [9.17, 15) is 4.79 Å². The van der Waals surface area contributed by atoms with E-state index < -0.39 is 0 Å². The van der Waals surface area contributed by atoms with Crippen LogP contribution in [0.3, 0.4) is 0 Å². The van der Waals surface area contributed by atoms with E-state index in [1.807, 2.05) is 44.2 Å². The summed E-state index contributed by atoms with van der Waals surface area (Å²) in [7, 11) is 0. The molecule has 0 saturated carbocycles. The third kappa shape index (κ3) is 3.90. The van der Waals surface area contributed by atoms with E-state index in [4.69, 9.17) is 4.42 Å². The van der Waals surface area contributed by atoms with E-state index in [0.717, 1.165) is 48.9 Å². The maximum atomic E-state index is 12.4. The summed E-state index contributed by atoms with van der Waals surface area (Å²) in [5.74, 6) is 2.42. The first-order valence-corrected chi connectivity index (χ1v) is 9.52. The van der Waals surface area contributed by atoms with E-state index in [2.05, 4.69) is 25.5 Å². The average molecular weight is 380 g/mol. The molecule has 4 heterocycles. The number of aromatic nitrogens is 4. The van der Waals surface area contributed by atoms with E-state index in [1.165, 1.54) is 0 Å². The first-order valence-electron chi connectivity index (χ1n) is 9.52. The van der Waals surface area contributed by atoms with Crippen molar-refractivity contribution in [2.45, 2.75) is 33.2 Å². The Bertz CT molecular complexity index is 924. The van der Waals surface area contributed by atoms with Crippen LogP contribution in [-0.4, -0.2) is 39.0 Å². The summed E-state index contributed by atoms with van der Waals surface area (Å²) in [4.78, 5) is 14.5. The number of piperidine rings is 1. The van der Waals surface area contributed by atoms with Gasteiger partial charge in [-0.25, -0.2) is 4.68 Å². The Hall–Kier alpha value is -3.16. The summed E-state index contributed by atoms with van der Waals surface area (Å²) in [6.07, 6.45) is 3.21. The number of hydrogen-bond donors (Lipinski definition) is 1. The molecular formula is C20H24N6O2. The number of rotatable bonds is 5. The summed E-state index contributed by atoms with van der Waals surface area (Å²) < 4.78 is 7.05. The van der Waals surface area contributed by atoms with Gasteiger partial charge in [-0.1, -0.05) is 0 Å². The average Bonchev–Trinajstić information content (AvgIpc) is 3.35. The van der Waals surface area contributed by atoms with Crippen LogP contribution < -0.4 is 10.2 Å². The molecule has 0 bridgehead atoms. The number of aryl methyl sites for hydroxylation is 2. The molecule has 3 aromatic rings. The van der Waals surface area contributed by atoms with Crippen molar-refractivity contribution in [3.63, 3.8) is 0 Å². The molecule has 1 fully saturated rings. The highest BCUT2D eigenvalue weighted by Gasteiger charge is 2.25. The fourth-order valence-electron chi connectivity index (χ4n) is 3.56. The van der Waals surface area contributed by atoms with Crippen LogP contribution in [-0.2, 0) is 11.3 Å². The number of nitrogens with zero attached hydrogens (tertiary/aromatic N) is 5. The lowest BCUT2D eigenvalue weighted by molar-refractivity contribution is -0.125. The number of amides is 1. The molecule has 146 valence electrons. The molecule has 0 unspecified atom stereocenters. The monoisotopic (exact) mass is 380 g/mol. The minimum atomic E-state index is 0.0214. The fraction of sp³-hybridized carbons (Fsp3) is 0.400. The Morgan fingerprint density at radius 3 is 2.54 bits per heavy atom. The van der Waals surface area contributed by atoms with Crippen LogP contribution in [0.1, 0.15) is 30.0 Å². The van der Waals surface area contributed by atoms with Crippen molar-refractivity contribution in [2.75, 3.05) is 18.0 Å². The summed E-state index contributed by atoms with van der Waals surface area (Å²) >= 11 is 0. The highest BCUT2D eigenvalue weighted by Crippen LogP contribution is 2.22. The van der Waals surface area contributed by atoms with Crippen LogP contribution >= 0.6 is 0 Å². The predicted molar refractivity (Wildman–Crippen MR) is 104 cm³/mol. The van der Waals surface area contributed by atoms with Gasteiger partial charge in [-0.3, -0.25) is 4.79 Å². The topological polar surface area (TPSA) is 89.1 Å². The van der Waals surface area contributed by atoms with Crippen molar-refractivity contribution in [1.82, 2.24) is 25.3 Å². The Morgan fingerprint density at radius 1 is 1.18 bits per heavy atom. The highest BCUT2D eigenvalue weighted by atomic mass is 16.3. The van der Waals surface area contributed by atoms with Crippen LogP contribution in [0, 0.1) is 19.8 Å². The molecule has 0 aromatic carbocycles. The maximum Gasteiger partial charge on any atom is 0.223 e. The Labute approximate surface area is 163 Å². The number of hydrogen-bond acceptors (Lipinski definition) is 6. The molecule has 0 spiro atoms. The summed E-state index contributed by atoms with van der Waals surface area (Å²) in [6, 6.07) is 9.59. The molecule has 4 rings (SSSR count). The van der Waals surface area contributed by atoms with E-state index >= 15 is 0 Å². The minimum Gasteiger partial charge on any atom is -0.467 e. The largest absolute Gasteiger partial charge is 0.467 e. The molecule has 8 heteroatoms. The van der Waals surface area contributed by atoms with Gasteiger partial charge in [-0.15, -0.1) is 10.2 Å². The van der Waals surface area contributed by atoms with Gasteiger partial charge < -0.3 is 14.6 Å². The van der Waals surface area contributed by atoms with Crippen molar-refractivity contribution in [3.8, 4) is 5.82 Å². The van der Waals surface area contributed by atoms with Crippen molar-refractivity contribution in [2.24, 2.45) is 5.92 Å². The zero-order chi connectivity index (χ0) is 19.5. The summed E-state index contributed by atoms with van der Waals surface area (Å²) in [6.45, 7) is 5.96. The Morgan fingerprint density at radius 2 is 1.93 bits per heavy atom. The molecule has 0 radical (unpaired) electrons. The number of carbonyl (C=O) groups excluding carboxylic acids is 1. The van der Waals surface area contributed by atoms with E-state index in [-0.39, 0.29) is 11.8 Å². The van der Waals surface area contributed by atoms with Gasteiger partial charge in [-0.05, 0) is 57.0 Å². The molecule has 28 heavy (non-hydrogen) atoms. The van der Waals surface area contributed by atoms with Crippen LogP contribution in [0.25, 0.3) is 5.82 Å². The molecule has 1 N–H and O–H groups in total. The Kier molecular flexibility index (Phi) is 5.10. The van der Waals surface area contributed by atoms with Gasteiger partial charge in [0.25, 0.3) is 0 Å². The van der Waals surface area contributed by atoms with E-state index in [1.54, 1.807) is 10.9 Å². The normalized spacial score (nSPS) is 15.0. The second kappa shape index (κ2) is 7.84. The van der Waals surface area contributed by atoms with Crippen LogP contribution in [0.15, 0.2) is 41.0 Å². The zero-order valence-electron chi connectivity index (χ0n) is 16.1. The van der Waals surface area contributed by atoms with Gasteiger partial charge in [0.1, 0.15) is 5.76 Å². The third-order valence-corrected chi connectivity index (χ3v) is 5.07. The van der Waals surface area contributed by atoms with Crippen LogP contribution in [0.4, 0.5) is 5.82 Å². The van der Waals surface area contributed by atoms with Gasteiger partial charge in [0.15, 0.2) is 11.6 Å². The lowest BCUT2D eigenvalue weighted by Crippen LogP contribution is -2.40. The zero-order valence-corrected chi connectivity index (χ0v) is 16.1. The molecule has 1 aliphatic heterocycles. The van der Waals surface area contributed by atoms with E-state index in [0.29, 0.717) is 12.4 Å². The minimum absolute atomic E-state index is 0.0214. The van der Waals surface area contributed by atoms with Crippen molar-refractivity contribution < 1.29 is 9.21 Å². The van der Waals surface area contributed by atoms with Crippen LogP contribution in [0.5, 0.6) is 0 Å². The summed E-state index contributed by atoms with van der Waals surface area (Å²) in [5.41, 5.74) is 1.98. The van der Waals surface area contributed by atoms with Gasteiger partial charge in [0.2, 0.25) is 5.91 Å². The van der Waals surface area contributed by atoms with Gasteiger partial charge in [0, 0.05) is 24.7 Å². The number of carbonyl (C=O) groups is 1. The number of furan rings is 1. The molecule has 1 amide bonds. The first kappa shape index (κ1) is 18.2. The lowest BCUT2D eigenvalue weighted by Gasteiger charge is -2.31. The maximum absolute atomic E-state index is 12.4. The standard InChI is InChI=1S/C20H24N6O2/c1-14-12-15(2)26(24-14)19-6-5-18(22-23-19)25-9-7-16(8-10-25)20(27)21-13-17-4-3-11-28-17/h3-6,11-12,16H,7-10,13H2,1-2H3,(H,21,27). The SMILES string of the molecule is Cc1cc(C)n(-c2ccc(N3CCC(C(=O)NCc4ccco4)CC3)nn2)n1. The molecule has 1 saturated heterocycles. The smallest absolute Gasteiger partial charge is 0.223 e.